The molecule has 3 rings (SSSR count). The number of carbonyl (C=O) groups excluding carboxylic acids is 1. The van der Waals surface area contributed by atoms with Gasteiger partial charge in [0.2, 0.25) is 5.91 Å². The van der Waals surface area contributed by atoms with Gasteiger partial charge in [-0.2, -0.15) is 0 Å². The van der Waals surface area contributed by atoms with Gasteiger partial charge in [0.05, 0.1) is 17.5 Å². The molecule has 1 amide bonds. The van der Waals surface area contributed by atoms with Crippen LogP contribution in [0.4, 0.5) is 0 Å². The number of fused-ring (bicyclic) bond motifs is 1. The Balaban J connectivity index is 1.81. The number of carbonyl (C=O) groups is 1. The van der Waals surface area contributed by atoms with Crippen molar-refractivity contribution in [2.45, 2.75) is 32.2 Å². The van der Waals surface area contributed by atoms with Crippen LogP contribution in [0.25, 0.3) is 11.0 Å². The predicted octanol–water partition coefficient (Wildman–Crippen LogP) is 1.70. The molecule has 18 heavy (non-hydrogen) atoms. The molecule has 4 heteroatoms. The molecular weight excluding hydrogens is 226 g/mol. The highest BCUT2D eigenvalue weighted by atomic mass is 16.1. The molecule has 1 heterocycles. The third-order valence-corrected chi connectivity index (χ3v) is 3.48. The van der Waals surface area contributed by atoms with E-state index >= 15 is 0 Å². The summed E-state index contributed by atoms with van der Waals surface area (Å²) in [6.45, 7) is 1.99. The summed E-state index contributed by atoms with van der Waals surface area (Å²) < 4.78 is 2.06. The first-order valence-electron chi connectivity index (χ1n) is 6.35. The largest absolute Gasteiger partial charge is 0.353 e. The maximum Gasteiger partial charge on any atom is 0.224 e. The van der Waals surface area contributed by atoms with Crippen LogP contribution in [0.1, 0.15) is 24.2 Å². The van der Waals surface area contributed by atoms with Crippen LogP contribution >= 0.6 is 0 Å². The zero-order chi connectivity index (χ0) is 12.7. The van der Waals surface area contributed by atoms with Crippen molar-refractivity contribution in [1.82, 2.24) is 14.9 Å². The average Bonchev–Trinajstić information content (AvgIpc) is 3.07. The third-order valence-electron chi connectivity index (χ3n) is 3.48. The molecule has 0 atom stereocenters. The van der Waals surface area contributed by atoms with E-state index in [4.69, 9.17) is 0 Å². The van der Waals surface area contributed by atoms with Crippen LogP contribution in [0.5, 0.6) is 0 Å². The molecule has 1 N–H and O–H groups in total. The monoisotopic (exact) mass is 243 g/mol. The number of rotatable bonds is 3. The molecule has 0 bridgehead atoms. The minimum atomic E-state index is 0.115. The Hall–Kier alpha value is -1.84. The van der Waals surface area contributed by atoms with Crippen molar-refractivity contribution in [3.05, 3.63) is 29.6 Å². The Kier molecular flexibility index (Phi) is 2.58. The zero-order valence-corrected chi connectivity index (χ0v) is 10.7. The van der Waals surface area contributed by atoms with E-state index < -0.39 is 0 Å². The maximum atomic E-state index is 11.7. The zero-order valence-electron chi connectivity index (χ0n) is 10.7. The normalized spacial score (nSPS) is 15.0. The van der Waals surface area contributed by atoms with Gasteiger partial charge in [-0.25, -0.2) is 4.98 Å². The third kappa shape index (κ3) is 2.10. The fraction of sp³-hybridized carbons (Fsp3) is 0.429. The number of hydrogen-bond acceptors (Lipinski definition) is 2. The summed E-state index contributed by atoms with van der Waals surface area (Å²) in [7, 11) is 2.00. The van der Waals surface area contributed by atoms with Crippen molar-refractivity contribution in [2.75, 3.05) is 0 Å². The van der Waals surface area contributed by atoms with E-state index in [-0.39, 0.29) is 5.91 Å². The summed E-state index contributed by atoms with van der Waals surface area (Å²) in [6, 6.07) is 6.48. The van der Waals surface area contributed by atoms with Crippen molar-refractivity contribution < 1.29 is 4.79 Å². The average molecular weight is 243 g/mol. The fourth-order valence-electron chi connectivity index (χ4n) is 2.17. The van der Waals surface area contributed by atoms with Gasteiger partial charge in [-0.05, 0) is 37.5 Å². The van der Waals surface area contributed by atoms with Crippen molar-refractivity contribution in [1.29, 1.82) is 0 Å². The number of nitrogens with one attached hydrogen (secondary N) is 1. The topological polar surface area (TPSA) is 46.9 Å². The van der Waals surface area contributed by atoms with Gasteiger partial charge in [-0.3, -0.25) is 4.79 Å². The van der Waals surface area contributed by atoms with E-state index in [1.54, 1.807) is 0 Å². The number of amides is 1. The molecule has 0 radical (unpaired) electrons. The van der Waals surface area contributed by atoms with Crippen molar-refractivity contribution in [2.24, 2.45) is 7.05 Å². The van der Waals surface area contributed by atoms with Crippen LogP contribution in [-0.2, 0) is 18.3 Å². The Morgan fingerprint density at radius 1 is 1.50 bits per heavy atom. The predicted molar refractivity (Wildman–Crippen MR) is 70.3 cm³/mol. The molecule has 0 aliphatic heterocycles. The first-order chi connectivity index (χ1) is 8.63. The number of nitrogens with zero attached hydrogens (tertiary/aromatic N) is 2. The van der Waals surface area contributed by atoms with Crippen molar-refractivity contribution in [3.8, 4) is 0 Å². The minimum absolute atomic E-state index is 0.115. The molecule has 4 nitrogen and oxygen atoms in total. The lowest BCUT2D eigenvalue weighted by molar-refractivity contribution is -0.120. The molecule has 1 aromatic heterocycles. The van der Waals surface area contributed by atoms with E-state index in [2.05, 4.69) is 14.9 Å². The van der Waals surface area contributed by atoms with E-state index in [9.17, 15) is 4.79 Å². The molecule has 0 saturated heterocycles. The smallest absolute Gasteiger partial charge is 0.224 e. The molecular formula is C14H17N3O. The summed E-state index contributed by atoms with van der Waals surface area (Å²) in [5, 5.41) is 3.00. The lowest BCUT2D eigenvalue weighted by Gasteiger charge is -2.03. The molecule has 1 aromatic carbocycles. The summed E-state index contributed by atoms with van der Waals surface area (Å²) in [5.74, 6) is 1.11. The van der Waals surface area contributed by atoms with Gasteiger partial charge in [-0.1, -0.05) is 6.07 Å². The number of aromatic nitrogens is 2. The summed E-state index contributed by atoms with van der Waals surface area (Å²) in [6.07, 6.45) is 2.70. The SMILES string of the molecule is Cc1nc2cc(CC(=O)NC3CC3)ccc2n1C. The second-order valence-corrected chi connectivity index (χ2v) is 5.06. The number of benzene rings is 1. The van der Waals surface area contributed by atoms with E-state index in [1.807, 2.05) is 32.2 Å². The van der Waals surface area contributed by atoms with Gasteiger partial charge in [0.1, 0.15) is 5.82 Å². The molecule has 1 saturated carbocycles. The highest BCUT2D eigenvalue weighted by Crippen LogP contribution is 2.20. The molecule has 0 spiro atoms. The van der Waals surface area contributed by atoms with Crippen LogP contribution in [0, 0.1) is 6.92 Å². The van der Waals surface area contributed by atoms with Gasteiger partial charge in [0.25, 0.3) is 0 Å². The Labute approximate surface area is 106 Å². The quantitative estimate of drug-likeness (QED) is 0.892. The lowest BCUT2D eigenvalue weighted by atomic mass is 10.1. The Bertz CT molecular complexity index is 611. The highest BCUT2D eigenvalue weighted by Gasteiger charge is 2.23. The van der Waals surface area contributed by atoms with Gasteiger partial charge >= 0.3 is 0 Å². The second-order valence-electron chi connectivity index (χ2n) is 5.06. The minimum Gasteiger partial charge on any atom is -0.353 e. The molecule has 1 fully saturated rings. The van der Waals surface area contributed by atoms with Crippen molar-refractivity contribution >= 4 is 16.9 Å². The van der Waals surface area contributed by atoms with Crippen LogP contribution in [0.2, 0.25) is 0 Å². The fourth-order valence-corrected chi connectivity index (χ4v) is 2.17. The summed E-state index contributed by atoms with van der Waals surface area (Å²) >= 11 is 0. The maximum absolute atomic E-state index is 11.7. The van der Waals surface area contributed by atoms with Gasteiger partial charge in [0.15, 0.2) is 0 Å². The van der Waals surface area contributed by atoms with Gasteiger partial charge in [-0.15, -0.1) is 0 Å². The van der Waals surface area contributed by atoms with Gasteiger partial charge < -0.3 is 9.88 Å². The van der Waals surface area contributed by atoms with E-state index in [0.29, 0.717) is 12.5 Å². The first kappa shape index (κ1) is 11.3. The van der Waals surface area contributed by atoms with Crippen LogP contribution in [0.15, 0.2) is 18.2 Å². The number of hydrogen-bond donors (Lipinski definition) is 1. The second kappa shape index (κ2) is 4.12. The van der Waals surface area contributed by atoms with E-state index in [1.165, 1.54) is 0 Å². The summed E-state index contributed by atoms with van der Waals surface area (Å²) in [4.78, 5) is 16.2. The molecule has 1 aliphatic carbocycles. The van der Waals surface area contributed by atoms with Crippen LogP contribution in [0.3, 0.4) is 0 Å². The standard InChI is InChI=1S/C14H17N3O/c1-9-15-12-7-10(3-6-13(12)17(9)2)8-14(18)16-11-4-5-11/h3,6-7,11H,4-5,8H2,1-2H3,(H,16,18). The number of imidazole rings is 1. The molecule has 94 valence electrons. The summed E-state index contributed by atoms with van der Waals surface area (Å²) in [5.41, 5.74) is 3.10. The van der Waals surface area contributed by atoms with Crippen LogP contribution in [-0.4, -0.2) is 21.5 Å². The molecule has 0 unspecified atom stereocenters. The number of aryl methyl sites for hydroxylation is 2. The van der Waals surface area contributed by atoms with Crippen molar-refractivity contribution in [3.63, 3.8) is 0 Å². The van der Waals surface area contributed by atoms with E-state index in [0.717, 1.165) is 35.3 Å². The van der Waals surface area contributed by atoms with Gasteiger partial charge in [0, 0.05) is 13.1 Å². The van der Waals surface area contributed by atoms with Crippen LogP contribution < -0.4 is 5.32 Å². The molecule has 1 aliphatic rings. The Morgan fingerprint density at radius 3 is 3.00 bits per heavy atom. The lowest BCUT2D eigenvalue weighted by Crippen LogP contribution is -2.26. The molecule has 2 aromatic rings. The highest BCUT2D eigenvalue weighted by molar-refractivity contribution is 5.82. The Morgan fingerprint density at radius 2 is 2.28 bits per heavy atom. The first-order valence-corrected chi connectivity index (χ1v) is 6.35.